The van der Waals surface area contributed by atoms with Crippen molar-refractivity contribution in [3.8, 4) is 17.2 Å². The van der Waals surface area contributed by atoms with Crippen LogP contribution in [0.3, 0.4) is 0 Å². The van der Waals surface area contributed by atoms with E-state index in [0.29, 0.717) is 48.3 Å². The number of esters is 1. The van der Waals surface area contributed by atoms with Gasteiger partial charge in [-0.25, -0.2) is 0 Å². The molecule has 33 heavy (non-hydrogen) atoms. The summed E-state index contributed by atoms with van der Waals surface area (Å²) in [6, 6.07) is 11.9. The summed E-state index contributed by atoms with van der Waals surface area (Å²) in [4.78, 5) is 16.2. The number of carbonyl (C=O) groups is 1. The minimum Gasteiger partial charge on any atom is -0.495 e. The predicted octanol–water partition coefficient (Wildman–Crippen LogP) is 4.40. The Balaban J connectivity index is 1.49. The first kappa shape index (κ1) is 25.0. The molecule has 0 saturated carbocycles. The summed E-state index contributed by atoms with van der Waals surface area (Å²) in [6.07, 6.45) is 0.955. The molecule has 1 saturated heterocycles. The highest BCUT2D eigenvalue weighted by atomic mass is 35.5. The minimum atomic E-state index is -0.196. The van der Waals surface area contributed by atoms with Crippen LogP contribution in [0.4, 0.5) is 5.69 Å². The molecule has 0 aromatic heterocycles. The van der Waals surface area contributed by atoms with Crippen molar-refractivity contribution >= 4 is 23.3 Å². The van der Waals surface area contributed by atoms with E-state index in [0.717, 1.165) is 38.4 Å². The average molecular weight is 477 g/mol. The molecule has 1 heterocycles. The van der Waals surface area contributed by atoms with E-state index >= 15 is 0 Å². The summed E-state index contributed by atoms with van der Waals surface area (Å²) in [5.74, 6) is 1.90. The van der Waals surface area contributed by atoms with Crippen molar-refractivity contribution in [1.82, 2.24) is 4.90 Å². The summed E-state index contributed by atoms with van der Waals surface area (Å²) in [5.41, 5.74) is 2.30. The number of rotatable bonds is 11. The molecule has 2 aromatic carbocycles. The van der Waals surface area contributed by atoms with Crippen LogP contribution < -0.4 is 19.1 Å². The largest absolute Gasteiger partial charge is 0.495 e. The summed E-state index contributed by atoms with van der Waals surface area (Å²) in [7, 11) is 3.28. The van der Waals surface area contributed by atoms with Crippen LogP contribution >= 0.6 is 11.6 Å². The molecule has 1 aliphatic heterocycles. The minimum absolute atomic E-state index is 0.196. The maximum Gasteiger partial charge on any atom is 0.305 e. The van der Waals surface area contributed by atoms with Gasteiger partial charge in [-0.15, -0.1) is 0 Å². The summed E-state index contributed by atoms with van der Waals surface area (Å²) in [6.45, 7) is 7.27. The fourth-order valence-corrected chi connectivity index (χ4v) is 4.02. The van der Waals surface area contributed by atoms with Crippen molar-refractivity contribution in [3.05, 3.63) is 47.0 Å². The summed E-state index contributed by atoms with van der Waals surface area (Å²) >= 11 is 6.15. The van der Waals surface area contributed by atoms with Gasteiger partial charge in [0.05, 0.1) is 32.5 Å². The normalized spacial score (nSPS) is 14.1. The second-order valence-corrected chi connectivity index (χ2v) is 8.23. The van der Waals surface area contributed by atoms with Crippen molar-refractivity contribution in [3.63, 3.8) is 0 Å². The SMILES string of the molecule is CCOC(=O)CCCOc1ccc(CN2CCN(c3ccc(Cl)c(OC)c3)CC2)cc1OC. The second-order valence-electron chi connectivity index (χ2n) is 7.82. The molecular weight excluding hydrogens is 444 g/mol. The molecule has 0 amide bonds. The van der Waals surface area contributed by atoms with Gasteiger partial charge in [-0.1, -0.05) is 17.7 Å². The van der Waals surface area contributed by atoms with Crippen molar-refractivity contribution in [1.29, 1.82) is 0 Å². The predicted molar refractivity (Wildman–Crippen MR) is 130 cm³/mol. The van der Waals surface area contributed by atoms with Gasteiger partial charge in [-0.3, -0.25) is 9.69 Å². The van der Waals surface area contributed by atoms with Crippen LogP contribution in [-0.2, 0) is 16.1 Å². The Labute approximate surface area is 201 Å². The highest BCUT2D eigenvalue weighted by Gasteiger charge is 2.19. The first-order valence-corrected chi connectivity index (χ1v) is 11.7. The third-order valence-electron chi connectivity index (χ3n) is 5.59. The molecule has 8 heteroatoms. The lowest BCUT2D eigenvalue weighted by atomic mass is 10.1. The molecule has 1 fully saturated rings. The molecule has 0 radical (unpaired) electrons. The van der Waals surface area contributed by atoms with E-state index in [1.165, 1.54) is 5.56 Å². The molecule has 0 atom stereocenters. The first-order chi connectivity index (χ1) is 16.0. The van der Waals surface area contributed by atoms with Crippen molar-refractivity contribution < 1.29 is 23.7 Å². The highest BCUT2D eigenvalue weighted by molar-refractivity contribution is 6.32. The van der Waals surface area contributed by atoms with Crippen LogP contribution in [0.15, 0.2) is 36.4 Å². The van der Waals surface area contributed by atoms with Gasteiger partial charge in [0.2, 0.25) is 0 Å². The average Bonchev–Trinajstić information content (AvgIpc) is 2.83. The Kier molecular flexibility index (Phi) is 9.51. The number of methoxy groups -OCH3 is 2. The fraction of sp³-hybridized carbons (Fsp3) is 0.480. The molecule has 1 aliphatic rings. The lowest BCUT2D eigenvalue weighted by Gasteiger charge is -2.36. The fourth-order valence-electron chi connectivity index (χ4n) is 3.83. The molecule has 7 nitrogen and oxygen atoms in total. The van der Waals surface area contributed by atoms with Crippen LogP contribution in [0.25, 0.3) is 0 Å². The number of anilines is 1. The Hall–Kier alpha value is -2.64. The molecule has 0 bridgehead atoms. The molecule has 0 spiro atoms. The number of halogens is 1. The van der Waals surface area contributed by atoms with Crippen molar-refractivity contribution in [2.75, 3.05) is 58.5 Å². The number of ether oxygens (including phenoxy) is 4. The van der Waals surface area contributed by atoms with E-state index in [1.54, 1.807) is 21.1 Å². The smallest absolute Gasteiger partial charge is 0.305 e. The number of nitrogens with zero attached hydrogens (tertiary/aromatic N) is 2. The van der Waals surface area contributed by atoms with E-state index in [1.807, 2.05) is 30.3 Å². The molecule has 2 aromatic rings. The van der Waals surface area contributed by atoms with Crippen molar-refractivity contribution in [2.45, 2.75) is 26.3 Å². The Morgan fingerprint density at radius 3 is 2.42 bits per heavy atom. The van der Waals surface area contributed by atoms with E-state index in [9.17, 15) is 4.79 Å². The Morgan fingerprint density at radius 1 is 0.970 bits per heavy atom. The Morgan fingerprint density at radius 2 is 1.73 bits per heavy atom. The lowest BCUT2D eigenvalue weighted by molar-refractivity contribution is -0.143. The van der Waals surface area contributed by atoms with Crippen molar-refractivity contribution in [2.24, 2.45) is 0 Å². The monoisotopic (exact) mass is 476 g/mol. The molecular formula is C25H33ClN2O5. The second kappa shape index (κ2) is 12.6. The number of hydrogen-bond acceptors (Lipinski definition) is 7. The van der Waals surface area contributed by atoms with E-state index in [-0.39, 0.29) is 5.97 Å². The van der Waals surface area contributed by atoms with Crippen LogP contribution in [0.5, 0.6) is 17.2 Å². The van der Waals surface area contributed by atoms with E-state index in [4.69, 9.17) is 30.5 Å². The molecule has 0 N–H and O–H groups in total. The summed E-state index contributed by atoms with van der Waals surface area (Å²) in [5, 5.41) is 0.625. The topological polar surface area (TPSA) is 60.5 Å². The third kappa shape index (κ3) is 7.17. The van der Waals surface area contributed by atoms with Gasteiger partial charge in [0.25, 0.3) is 0 Å². The number of piperazine rings is 1. The number of carbonyl (C=O) groups excluding carboxylic acids is 1. The lowest BCUT2D eigenvalue weighted by Crippen LogP contribution is -2.45. The zero-order valence-corrected chi connectivity index (χ0v) is 20.4. The van der Waals surface area contributed by atoms with E-state index < -0.39 is 0 Å². The molecule has 3 rings (SSSR count). The standard InChI is InChI=1S/C25H33ClN2O5/c1-4-32-25(29)6-5-15-33-22-10-7-19(16-24(22)31-3)18-27-11-13-28(14-12-27)20-8-9-21(26)23(17-20)30-2/h7-10,16-17H,4-6,11-15,18H2,1-3H3. The zero-order chi connectivity index (χ0) is 23.6. The first-order valence-electron chi connectivity index (χ1n) is 11.3. The third-order valence-corrected chi connectivity index (χ3v) is 5.91. The van der Waals surface area contributed by atoms with E-state index in [2.05, 4.69) is 15.9 Å². The van der Waals surface area contributed by atoms with Crippen LogP contribution in [0.1, 0.15) is 25.3 Å². The number of hydrogen-bond donors (Lipinski definition) is 0. The quantitative estimate of drug-likeness (QED) is 0.352. The van der Waals surface area contributed by atoms with Gasteiger partial charge in [0, 0.05) is 50.9 Å². The van der Waals surface area contributed by atoms with Crippen LogP contribution in [-0.4, -0.2) is 64.5 Å². The van der Waals surface area contributed by atoms with Gasteiger partial charge >= 0.3 is 5.97 Å². The van der Waals surface area contributed by atoms with Gasteiger partial charge in [-0.05, 0) is 43.2 Å². The molecule has 0 aliphatic carbocycles. The molecule has 180 valence electrons. The highest BCUT2D eigenvalue weighted by Crippen LogP contribution is 2.31. The van der Waals surface area contributed by atoms with Gasteiger partial charge in [0.15, 0.2) is 11.5 Å². The maximum atomic E-state index is 11.4. The van der Waals surface area contributed by atoms with Gasteiger partial charge in [-0.2, -0.15) is 0 Å². The van der Waals surface area contributed by atoms with Crippen LogP contribution in [0.2, 0.25) is 5.02 Å². The summed E-state index contributed by atoms with van der Waals surface area (Å²) < 4.78 is 21.6. The van der Waals surface area contributed by atoms with Crippen LogP contribution in [0, 0.1) is 0 Å². The van der Waals surface area contributed by atoms with Gasteiger partial charge < -0.3 is 23.8 Å². The van der Waals surface area contributed by atoms with Gasteiger partial charge in [0.1, 0.15) is 5.75 Å². The zero-order valence-electron chi connectivity index (χ0n) is 19.6. The Bertz CT molecular complexity index is 916. The maximum absolute atomic E-state index is 11.4. The number of benzene rings is 2. The molecule has 0 unspecified atom stereocenters.